The average Bonchev–Trinajstić information content (AvgIpc) is 0.983. The summed E-state index contributed by atoms with van der Waals surface area (Å²) in [6, 6.07) is 118. The number of allylic oxidation sites excluding steroid dienone is 2. The van der Waals surface area contributed by atoms with Crippen LogP contribution in [0.25, 0.3) is 88.9 Å². The van der Waals surface area contributed by atoms with Crippen molar-refractivity contribution in [1.29, 1.82) is 0 Å². The van der Waals surface area contributed by atoms with E-state index in [9.17, 15) is 0 Å². The van der Waals surface area contributed by atoms with E-state index in [1.807, 2.05) is 74.5 Å². The summed E-state index contributed by atoms with van der Waals surface area (Å²) in [6.45, 7) is 16.9. The van der Waals surface area contributed by atoms with Gasteiger partial charge in [0.25, 0.3) is 0 Å². The molecule has 0 bridgehead atoms. The Balaban J connectivity index is 0.000000138. The smallest absolute Gasteiger partial charge is 0.0148 e. The Morgan fingerprint density at radius 1 is 0.226 bits per heavy atom. The van der Waals surface area contributed by atoms with Crippen molar-refractivity contribution in [2.45, 2.75) is 61.8 Å². The second kappa shape index (κ2) is 37.3. The Bertz CT molecular complexity index is 4610. The van der Waals surface area contributed by atoms with Gasteiger partial charge in [0, 0.05) is 0 Å². The van der Waals surface area contributed by atoms with E-state index in [-0.39, 0.29) is 0 Å². The first-order valence-corrected chi connectivity index (χ1v) is 32.4. The monoisotopic (exact) mass is 1200 g/mol. The first-order valence-electron chi connectivity index (χ1n) is 32.4. The zero-order chi connectivity index (χ0) is 65.2. The molecule has 0 aromatic heterocycles. The molecule has 0 saturated heterocycles. The van der Waals surface area contributed by atoms with Crippen LogP contribution < -0.4 is 0 Å². The van der Waals surface area contributed by atoms with Gasteiger partial charge in [-0.3, -0.25) is 0 Å². The standard InChI is InChI=1S/2C15H12.C15H14.2C11H10.2C9H10.C8H10/c1-11-14-8-4-2-6-12(14)10-13-7-3-5-9-15(11)13;1-11-5-4-8-14-9-12-6-2-3-7-13(12)10-15(11)14;1-13-7-9-15(10-8-13)12-11-14-5-3-2-4-6-14;1-9-5-4-7-10-6-2-3-8-11(9)10;1-9-6-7-10-4-2-3-5-11(10)8-9;2*1-2-6-9-7-4-3-5-8-9;1-2-8-6-4-3-5-7-8/h2*2-10H,1H3;2-12H,1H3;2*2-8H,1H3;2*2-8H,1H3;3-7H,2H2,1H3/b;;12-11+;;;6-2+;6-2-;. The summed E-state index contributed by atoms with van der Waals surface area (Å²) in [5.41, 5.74) is 13.1. The lowest BCUT2D eigenvalue weighted by molar-refractivity contribution is 1.14. The summed E-state index contributed by atoms with van der Waals surface area (Å²) >= 11 is 0. The van der Waals surface area contributed by atoms with E-state index < -0.39 is 0 Å². The quantitative estimate of drug-likeness (QED) is 0.119. The molecule has 15 aromatic carbocycles. The average molecular weight is 1210 g/mol. The third kappa shape index (κ3) is 21.9. The fraction of sp³-hybridized carbons (Fsp3) is 0.0968. The molecule has 460 valence electrons. The lowest BCUT2D eigenvalue weighted by Crippen LogP contribution is -1.81. The normalized spacial score (nSPS) is 10.5. The van der Waals surface area contributed by atoms with Crippen LogP contribution in [0.1, 0.15) is 76.4 Å². The van der Waals surface area contributed by atoms with E-state index >= 15 is 0 Å². The largest absolute Gasteiger partial charge is 0.0871 e. The van der Waals surface area contributed by atoms with Crippen LogP contribution >= 0.6 is 0 Å². The fourth-order valence-electron chi connectivity index (χ4n) is 10.7. The molecule has 0 amide bonds. The third-order valence-corrected chi connectivity index (χ3v) is 15.8. The molecule has 15 rings (SSSR count). The van der Waals surface area contributed by atoms with Crippen molar-refractivity contribution in [2.24, 2.45) is 0 Å². The van der Waals surface area contributed by atoms with Crippen molar-refractivity contribution in [2.75, 3.05) is 0 Å². The van der Waals surface area contributed by atoms with E-state index in [1.165, 1.54) is 120 Å². The number of rotatable bonds is 5. The molecule has 0 N–H and O–H groups in total. The van der Waals surface area contributed by atoms with Gasteiger partial charge in [0.2, 0.25) is 0 Å². The summed E-state index contributed by atoms with van der Waals surface area (Å²) in [4.78, 5) is 0. The fourth-order valence-corrected chi connectivity index (χ4v) is 10.7. The molecule has 0 spiro atoms. The van der Waals surface area contributed by atoms with Gasteiger partial charge in [-0.1, -0.05) is 376 Å². The van der Waals surface area contributed by atoms with E-state index in [1.54, 1.807) is 0 Å². The molecular formula is C93H88. The maximum atomic E-state index is 2.28. The minimum atomic E-state index is 1.14. The highest BCUT2D eigenvalue weighted by molar-refractivity contribution is 6.02. The van der Waals surface area contributed by atoms with Crippen LogP contribution in [0, 0.1) is 34.6 Å². The van der Waals surface area contributed by atoms with Gasteiger partial charge in [-0.25, -0.2) is 0 Å². The molecule has 15 aromatic rings. The Morgan fingerprint density at radius 3 is 1.03 bits per heavy atom. The highest BCUT2D eigenvalue weighted by Gasteiger charge is 2.03. The van der Waals surface area contributed by atoms with Crippen LogP contribution in [0.3, 0.4) is 0 Å². The molecule has 0 aliphatic heterocycles. The van der Waals surface area contributed by atoms with Crippen LogP contribution in [-0.2, 0) is 6.42 Å². The summed E-state index contributed by atoms with van der Waals surface area (Å²) in [5, 5.41) is 16.0. The zero-order valence-electron chi connectivity index (χ0n) is 55.5. The minimum Gasteiger partial charge on any atom is -0.0871 e. The topological polar surface area (TPSA) is 0 Å². The predicted octanol–water partition coefficient (Wildman–Crippen LogP) is 26.8. The molecule has 0 aliphatic carbocycles. The van der Waals surface area contributed by atoms with Crippen LogP contribution in [0.2, 0.25) is 0 Å². The number of hydrogen-bond acceptors (Lipinski definition) is 0. The second-order valence-corrected chi connectivity index (χ2v) is 22.9. The Hall–Kier alpha value is -10.9. The maximum Gasteiger partial charge on any atom is -0.0148 e. The molecule has 0 unspecified atom stereocenters. The molecule has 0 nitrogen and oxygen atoms in total. The van der Waals surface area contributed by atoms with Crippen molar-refractivity contribution in [3.05, 3.63) is 408 Å². The summed E-state index contributed by atoms with van der Waals surface area (Å²) in [5.74, 6) is 0. The summed E-state index contributed by atoms with van der Waals surface area (Å²) < 4.78 is 0. The Labute approximate surface area is 554 Å². The Kier molecular flexibility index (Phi) is 27.3. The molecule has 0 saturated carbocycles. The summed E-state index contributed by atoms with van der Waals surface area (Å²) in [7, 11) is 0. The lowest BCUT2D eigenvalue weighted by Gasteiger charge is -2.06. The molecular weight excluding hydrogens is 1120 g/mol. The van der Waals surface area contributed by atoms with Crippen LogP contribution in [0.15, 0.2) is 352 Å². The molecule has 0 radical (unpaired) electrons. The van der Waals surface area contributed by atoms with Gasteiger partial charge in [-0.15, -0.1) is 0 Å². The maximum absolute atomic E-state index is 2.28. The zero-order valence-corrected chi connectivity index (χ0v) is 55.5. The van der Waals surface area contributed by atoms with E-state index in [4.69, 9.17) is 0 Å². The van der Waals surface area contributed by atoms with Crippen LogP contribution in [-0.4, -0.2) is 0 Å². The van der Waals surface area contributed by atoms with Crippen molar-refractivity contribution in [3.63, 3.8) is 0 Å². The highest BCUT2D eigenvalue weighted by atomic mass is 14.1. The van der Waals surface area contributed by atoms with E-state index in [2.05, 4.69) is 357 Å². The molecule has 0 heterocycles. The first kappa shape index (κ1) is 68.0. The van der Waals surface area contributed by atoms with Gasteiger partial charge in [0.1, 0.15) is 0 Å². The van der Waals surface area contributed by atoms with Gasteiger partial charge in [0.15, 0.2) is 0 Å². The lowest BCUT2D eigenvalue weighted by atomic mass is 9.98. The molecule has 0 aliphatic rings. The predicted molar refractivity (Wildman–Crippen MR) is 414 cm³/mol. The van der Waals surface area contributed by atoms with Gasteiger partial charge in [-0.05, 0) is 182 Å². The van der Waals surface area contributed by atoms with Crippen molar-refractivity contribution in [3.8, 4) is 0 Å². The highest BCUT2D eigenvalue weighted by Crippen LogP contribution is 2.28. The Morgan fingerprint density at radius 2 is 0.559 bits per heavy atom. The third-order valence-electron chi connectivity index (χ3n) is 15.8. The summed E-state index contributed by atoms with van der Waals surface area (Å²) in [6.07, 6.45) is 13.6. The SMILES string of the molecule is C/C=C/c1ccccc1.C/C=C\c1ccccc1.CCc1ccccc1.Cc1c2ccccc2cc2ccccc12.Cc1ccc(/C=C/c2ccccc2)cc1.Cc1ccc2ccccc2c1.Cc1cccc2cc3ccccc3cc12.Cc1cccc2ccccc12. The van der Waals surface area contributed by atoms with Crippen LogP contribution in [0.4, 0.5) is 0 Å². The van der Waals surface area contributed by atoms with E-state index in [0.29, 0.717) is 0 Å². The molecule has 0 atom stereocenters. The van der Waals surface area contributed by atoms with E-state index in [0.717, 1.165) is 6.42 Å². The van der Waals surface area contributed by atoms with Gasteiger partial charge >= 0.3 is 0 Å². The van der Waals surface area contributed by atoms with Crippen LogP contribution in [0.5, 0.6) is 0 Å². The van der Waals surface area contributed by atoms with Gasteiger partial charge in [0.05, 0.1) is 0 Å². The molecule has 93 heavy (non-hydrogen) atoms. The number of fused-ring (bicyclic) bond motifs is 6. The van der Waals surface area contributed by atoms with Crippen molar-refractivity contribution >= 4 is 88.9 Å². The molecule has 0 heteroatoms. The van der Waals surface area contributed by atoms with Gasteiger partial charge in [-0.2, -0.15) is 0 Å². The minimum absolute atomic E-state index is 1.14. The molecule has 0 fully saturated rings. The van der Waals surface area contributed by atoms with Gasteiger partial charge < -0.3 is 0 Å². The number of aryl methyl sites for hydroxylation is 6. The van der Waals surface area contributed by atoms with Crippen molar-refractivity contribution in [1.82, 2.24) is 0 Å². The second-order valence-electron chi connectivity index (χ2n) is 22.9. The number of hydrogen-bond donors (Lipinski definition) is 0. The van der Waals surface area contributed by atoms with Crippen molar-refractivity contribution < 1.29 is 0 Å². The first-order chi connectivity index (χ1) is 45.6. The number of benzene rings is 15.